The summed E-state index contributed by atoms with van der Waals surface area (Å²) in [4.78, 5) is 2.41. The van der Waals surface area contributed by atoms with Crippen LogP contribution in [-0.4, -0.2) is 0 Å². The molecule has 0 saturated heterocycles. The van der Waals surface area contributed by atoms with Crippen LogP contribution in [0.25, 0.3) is 76.9 Å². The molecule has 0 amide bonds. The highest BCUT2D eigenvalue weighted by Gasteiger charge is 2.35. The van der Waals surface area contributed by atoms with Crippen molar-refractivity contribution in [1.82, 2.24) is 0 Å². The minimum Gasteiger partial charge on any atom is -0.456 e. The van der Waals surface area contributed by atoms with Gasteiger partial charge in [0.25, 0.3) is 0 Å². The molecule has 1 heterocycles. The van der Waals surface area contributed by atoms with Crippen molar-refractivity contribution >= 4 is 60.5 Å². The molecule has 55 heavy (non-hydrogen) atoms. The van der Waals surface area contributed by atoms with E-state index in [1.54, 1.807) is 0 Å². The molecule has 1 aliphatic rings. The van der Waals surface area contributed by atoms with Crippen molar-refractivity contribution in [3.05, 3.63) is 199 Å². The van der Waals surface area contributed by atoms with Gasteiger partial charge in [0, 0.05) is 33.2 Å². The summed E-state index contributed by atoms with van der Waals surface area (Å²) in [6, 6.07) is 68.5. The molecule has 1 aromatic heterocycles. The second-order valence-corrected chi connectivity index (χ2v) is 15.3. The molecule has 0 atom stereocenters. The fraction of sp³-hybridized carbons (Fsp3) is 0.0566. The first-order valence-electron chi connectivity index (χ1n) is 19.1. The summed E-state index contributed by atoms with van der Waals surface area (Å²) in [5.74, 6) is 0. The lowest BCUT2D eigenvalue weighted by molar-refractivity contribution is 0.660. The van der Waals surface area contributed by atoms with Crippen molar-refractivity contribution in [2.45, 2.75) is 19.3 Å². The minimum absolute atomic E-state index is 0.0575. The molecule has 11 rings (SSSR count). The van der Waals surface area contributed by atoms with Crippen molar-refractivity contribution in [2.24, 2.45) is 0 Å². The van der Waals surface area contributed by atoms with Gasteiger partial charge >= 0.3 is 0 Å². The molecule has 1 aliphatic carbocycles. The van der Waals surface area contributed by atoms with Gasteiger partial charge in [-0.2, -0.15) is 0 Å². The van der Waals surface area contributed by atoms with Crippen LogP contribution in [0.1, 0.15) is 25.0 Å². The van der Waals surface area contributed by atoms with Crippen molar-refractivity contribution in [2.75, 3.05) is 4.90 Å². The van der Waals surface area contributed by atoms with Gasteiger partial charge in [-0.05, 0) is 115 Å². The second kappa shape index (κ2) is 12.1. The van der Waals surface area contributed by atoms with Crippen LogP contribution in [0.15, 0.2) is 192 Å². The van der Waals surface area contributed by atoms with E-state index in [2.05, 4.69) is 195 Å². The molecule has 0 spiro atoms. The van der Waals surface area contributed by atoms with Gasteiger partial charge in [0.2, 0.25) is 0 Å². The highest BCUT2D eigenvalue weighted by molar-refractivity contribution is 6.21. The van der Waals surface area contributed by atoms with Gasteiger partial charge in [-0.25, -0.2) is 0 Å². The summed E-state index contributed by atoms with van der Waals surface area (Å²) in [5.41, 5.74) is 15.3. The van der Waals surface area contributed by atoms with Gasteiger partial charge in [-0.1, -0.05) is 153 Å². The number of furan rings is 1. The predicted molar refractivity (Wildman–Crippen MR) is 232 cm³/mol. The molecule has 0 fully saturated rings. The Hall–Kier alpha value is -6.90. The van der Waals surface area contributed by atoms with Crippen molar-refractivity contribution in [3.63, 3.8) is 0 Å². The monoisotopic (exact) mass is 703 g/mol. The number of fused-ring (bicyclic) bond motifs is 9. The second-order valence-electron chi connectivity index (χ2n) is 15.3. The van der Waals surface area contributed by atoms with E-state index in [4.69, 9.17) is 4.42 Å². The van der Waals surface area contributed by atoms with Gasteiger partial charge < -0.3 is 9.32 Å². The van der Waals surface area contributed by atoms with Gasteiger partial charge in [-0.15, -0.1) is 0 Å². The van der Waals surface area contributed by atoms with E-state index in [0.717, 1.165) is 33.6 Å². The molecule has 9 aromatic carbocycles. The van der Waals surface area contributed by atoms with E-state index in [-0.39, 0.29) is 5.41 Å². The van der Waals surface area contributed by atoms with Gasteiger partial charge in [0.1, 0.15) is 11.2 Å². The molecule has 0 radical (unpaired) electrons. The maximum atomic E-state index is 6.24. The van der Waals surface area contributed by atoms with Crippen LogP contribution in [0.2, 0.25) is 0 Å². The Bertz CT molecular complexity index is 3120. The van der Waals surface area contributed by atoms with Crippen LogP contribution in [0.4, 0.5) is 17.1 Å². The molecule has 0 unspecified atom stereocenters. The molecule has 0 N–H and O–H groups in total. The smallest absolute Gasteiger partial charge is 0.136 e. The normalized spacial score (nSPS) is 13.1. The van der Waals surface area contributed by atoms with E-state index < -0.39 is 0 Å². The zero-order valence-electron chi connectivity index (χ0n) is 30.8. The summed E-state index contributed by atoms with van der Waals surface area (Å²) >= 11 is 0. The molecular weight excluding hydrogens is 667 g/mol. The Balaban J connectivity index is 1.07. The Morgan fingerprint density at radius 3 is 1.91 bits per heavy atom. The summed E-state index contributed by atoms with van der Waals surface area (Å²) < 4.78 is 6.24. The predicted octanol–water partition coefficient (Wildman–Crippen LogP) is 15.0. The molecule has 2 heteroatoms. The van der Waals surface area contributed by atoms with Gasteiger partial charge in [0.15, 0.2) is 0 Å². The quantitative estimate of drug-likeness (QED) is 0.177. The highest BCUT2D eigenvalue weighted by atomic mass is 16.3. The minimum atomic E-state index is -0.0575. The number of hydrogen-bond donors (Lipinski definition) is 0. The van der Waals surface area contributed by atoms with Crippen molar-refractivity contribution in [1.29, 1.82) is 0 Å². The van der Waals surface area contributed by atoms with Crippen LogP contribution in [0.5, 0.6) is 0 Å². The molecule has 0 saturated carbocycles. The van der Waals surface area contributed by atoms with Crippen LogP contribution >= 0.6 is 0 Å². The van der Waals surface area contributed by atoms with Crippen LogP contribution in [0.3, 0.4) is 0 Å². The fourth-order valence-corrected chi connectivity index (χ4v) is 9.21. The average Bonchev–Trinajstić information content (AvgIpc) is 3.73. The topological polar surface area (TPSA) is 16.4 Å². The largest absolute Gasteiger partial charge is 0.456 e. The molecule has 260 valence electrons. The number of nitrogens with zero attached hydrogens (tertiary/aromatic N) is 1. The SMILES string of the molecule is CC1(C)c2ccccc2-c2cc(N(c3ccc(-c4cccc5c4ccc4oc6ccccc6c45)cc3)c3cccc(-c4cccc5ccccc45)c3)ccc21. The first-order valence-corrected chi connectivity index (χ1v) is 19.1. The number of anilines is 3. The van der Waals surface area contributed by atoms with E-state index in [0.29, 0.717) is 0 Å². The third-order valence-electron chi connectivity index (χ3n) is 11.9. The molecule has 0 bridgehead atoms. The summed E-state index contributed by atoms with van der Waals surface area (Å²) in [6.45, 7) is 4.68. The molecule has 2 nitrogen and oxygen atoms in total. The van der Waals surface area contributed by atoms with Crippen molar-refractivity contribution in [3.8, 4) is 33.4 Å². The third kappa shape index (κ3) is 4.88. The number of hydrogen-bond acceptors (Lipinski definition) is 2. The fourth-order valence-electron chi connectivity index (χ4n) is 9.21. The number of para-hydroxylation sites is 1. The van der Waals surface area contributed by atoms with E-state index in [9.17, 15) is 0 Å². The molecular formula is C53H37NO. The lowest BCUT2D eigenvalue weighted by Crippen LogP contribution is -2.15. The zero-order valence-corrected chi connectivity index (χ0v) is 30.8. The first-order chi connectivity index (χ1) is 27.0. The standard InChI is InChI=1S/C53H37NO/c1-53(2)48-22-7-5-17-44(48)47-33-39(28-30-49(47)53)54(38-15-9-14-36(32-38)42-19-10-13-34-12-3-4-16-40(34)42)37-26-24-35(25-27-37)41-20-11-21-45-43(41)29-31-51-52(45)46-18-6-8-23-50(46)55-51/h3-33H,1-2H3. The Kier molecular flexibility index (Phi) is 6.93. The van der Waals surface area contributed by atoms with E-state index in [1.807, 2.05) is 12.1 Å². The molecule has 10 aromatic rings. The summed E-state index contributed by atoms with van der Waals surface area (Å²) in [7, 11) is 0. The summed E-state index contributed by atoms with van der Waals surface area (Å²) in [6.07, 6.45) is 0. The van der Waals surface area contributed by atoms with Crippen molar-refractivity contribution < 1.29 is 4.42 Å². The molecule has 0 aliphatic heterocycles. The first kappa shape index (κ1) is 31.6. The van der Waals surface area contributed by atoms with Crippen LogP contribution in [-0.2, 0) is 5.41 Å². The lowest BCUT2D eigenvalue weighted by atomic mass is 9.82. The summed E-state index contributed by atoms with van der Waals surface area (Å²) in [5, 5.41) is 7.24. The zero-order chi connectivity index (χ0) is 36.7. The Morgan fingerprint density at radius 1 is 0.382 bits per heavy atom. The third-order valence-corrected chi connectivity index (χ3v) is 11.9. The van der Waals surface area contributed by atoms with Crippen LogP contribution in [0, 0.1) is 0 Å². The van der Waals surface area contributed by atoms with E-state index in [1.165, 1.54) is 71.4 Å². The Morgan fingerprint density at radius 2 is 1.02 bits per heavy atom. The Labute approximate surface area is 320 Å². The number of rotatable bonds is 5. The van der Waals surface area contributed by atoms with E-state index >= 15 is 0 Å². The maximum Gasteiger partial charge on any atom is 0.136 e. The van der Waals surface area contributed by atoms with Gasteiger partial charge in [0.05, 0.1) is 0 Å². The number of benzene rings is 9. The maximum absolute atomic E-state index is 6.24. The van der Waals surface area contributed by atoms with Gasteiger partial charge in [-0.3, -0.25) is 0 Å². The highest BCUT2D eigenvalue weighted by Crippen LogP contribution is 2.51. The average molecular weight is 704 g/mol. The lowest BCUT2D eigenvalue weighted by Gasteiger charge is -2.28. The van der Waals surface area contributed by atoms with Crippen LogP contribution < -0.4 is 4.90 Å².